The van der Waals surface area contributed by atoms with Gasteiger partial charge in [0.05, 0.1) is 16.7 Å². The summed E-state index contributed by atoms with van der Waals surface area (Å²) in [5.41, 5.74) is 7.99. The van der Waals surface area contributed by atoms with E-state index in [4.69, 9.17) is 19.4 Å². The minimum atomic E-state index is 0.477. The number of furan rings is 1. The van der Waals surface area contributed by atoms with Crippen molar-refractivity contribution in [2.45, 2.75) is 6.42 Å². The molecule has 0 radical (unpaired) electrons. The molecule has 0 N–H and O–H groups in total. The number of hydrogen-bond acceptors (Lipinski definition) is 4. The Morgan fingerprint density at radius 3 is 1.79 bits per heavy atom. The van der Waals surface area contributed by atoms with Gasteiger partial charge in [0.2, 0.25) is 0 Å². The van der Waals surface area contributed by atoms with Crippen molar-refractivity contribution < 1.29 is 4.42 Å². The number of para-hydroxylation sites is 1. The summed E-state index contributed by atoms with van der Waals surface area (Å²) in [5, 5.41) is 9.37. The van der Waals surface area contributed by atoms with Gasteiger partial charge >= 0.3 is 0 Å². The molecule has 0 aliphatic carbocycles. The summed E-state index contributed by atoms with van der Waals surface area (Å²) >= 11 is 0. The van der Waals surface area contributed by atoms with Gasteiger partial charge < -0.3 is 8.98 Å². The fraction of sp³-hybridized carbons (Fsp3) is 0.0208. The van der Waals surface area contributed by atoms with Gasteiger partial charge in [0.15, 0.2) is 11.6 Å². The lowest BCUT2D eigenvalue weighted by molar-refractivity contribution is 0.668. The van der Waals surface area contributed by atoms with Crippen molar-refractivity contribution in [2.75, 3.05) is 0 Å². The highest BCUT2D eigenvalue weighted by Gasteiger charge is 2.21. The minimum Gasteiger partial charge on any atom is -0.456 e. The number of benzene rings is 8. The zero-order chi connectivity index (χ0) is 34.9. The lowest BCUT2D eigenvalue weighted by Crippen LogP contribution is -2.05. The average Bonchev–Trinajstić information content (AvgIpc) is 3.76. The van der Waals surface area contributed by atoms with Crippen molar-refractivity contribution in [2.24, 2.45) is 0 Å². The fourth-order valence-electron chi connectivity index (χ4n) is 8.04. The van der Waals surface area contributed by atoms with E-state index in [0.29, 0.717) is 23.9 Å². The van der Waals surface area contributed by atoms with Gasteiger partial charge in [0, 0.05) is 45.2 Å². The van der Waals surface area contributed by atoms with Gasteiger partial charge in [-0.2, -0.15) is 0 Å². The van der Waals surface area contributed by atoms with Crippen LogP contribution >= 0.6 is 0 Å². The molecule has 0 aliphatic rings. The van der Waals surface area contributed by atoms with Crippen LogP contribution in [0.3, 0.4) is 0 Å². The van der Waals surface area contributed by atoms with Crippen LogP contribution in [0.25, 0.3) is 93.8 Å². The van der Waals surface area contributed by atoms with E-state index in [2.05, 4.69) is 114 Å². The normalized spacial score (nSPS) is 11.8. The maximum Gasteiger partial charge on any atom is 0.163 e. The number of nitrogens with zero attached hydrogens (tertiary/aromatic N) is 4. The van der Waals surface area contributed by atoms with Gasteiger partial charge in [-0.15, -0.1) is 0 Å². The Kier molecular flexibility index (Phi) is 6.55. The first-order valence-electron chi connectivity index (χ1n) is 17.9. The Balaban J connectivity index is 1.21. The molecule has 0 fully saturated rings. The third-order valence-corrected chi connectivity index (χ3v) is 10.4. The van der Waals surface area contributed by atoms with Crippen LogP contribution < -0.4 is 0 Å². The highest BCUT2D eigenvalue weighted by Crippen LogP contribution is 2.41. The zero-order valence-corrected chi connectivity index (χ0v) is 28.6. The van der Waals surface area contributed by atoms with Gasteiger partial charge in [0.1, 0.15) is 17.0 Å². The Bertz CT molecular complexity index is 3140. The molecule has 0 unspecified atom stereocenters. The number of hydrogen-bond donors (Lipinski definition) is 0. The van der Waals surface area contributed by atoms with Crippen molar-refractivity contribution in [1.82, 2.24) is 19.5 Å². The lowest BCUT2D eigenvalue weighted by Gasteiger charge is -2.13. The molecule has 0 bridgehead atoms. The van der Waals surface area contributed by atoms with Gasteiger partial charge in [0.25, 0.3) is 0 Å². The summed E-state index contributed by atoms with van der Waals surface area (Å²) < 4.78 is 9.17. The highest BCUT2D eigenvalue weighted by atomic mass is 16.3. The first-order chi connectivity index (χ1) is 26.2. The summed E-state index contributed by atoms with van der Waals surface area (Å²) in [7, 11) is 0. The van der Waals surface area contributed by atoms with Crippen LogP contribution in [-0.2, 0) is 6.42 Å². The van der Waals surface area contributed by atoms with Crippen molar-refractivity contribution in [3.8, 4) is 28.5 Å². The molecular weight excluding hydrogens is 649 g/mol. The third-order valence-electron chi connectivity index (χ3n) is 10.4. The summed E-state index contributed by atoms with van der Waals surface area (Å²) in [6, 6.07) is 59.5. The van der Waals surface area contributed by atoms with Gasteiger partial charge in [-0.05, 0) is 57.4 Å². The second-order valence-corrected chi connectivity index (χ2v) is 13.6. The molecule has 53 heavy (non-hydrogen) atoms. The predicted molar refractivity (Wildman–Crippen MR) is 217 cm³/mol. The molecule has 0 saturated heterocycles. The molecule has 11 rings (SSSR count). The third kappa shape index (κ3) is 4.82. The summed E-state index contributed by atoms with van der Waals surface area (Å²) in [5.74, 6) is 2.00. The monoisotopic (exact) mass is 678 g/mol. The Hall–Kier alpha value is -7.11. The number of fused-ring (bicyclic) bond motifs is 9. The SMILES string of the molecule is c1ccc(-c2nc(Cc3cc(-n4c5ccccc5c5cc6ccccc6cc54)cc4oc5ccc6ccccc6c5c34)nc(-c3ccccc3)n2)cc1. The first-order valence-corrected chi connectivity index (χ1v) is 17.9. The van der Waals surface area contributed by atoms with Gasteiger partial charge in [-0.3, -0.25) is 0 Å². The van der Waals surface area contributed by atoms with E-state index in [9.17, 15) is 0 Å². The molecule has 0 aliphatic heterocycles. The largest absolute Gasteiger partial charge is 0.456 e. The molecule has 5 nitrogen and oxygen atoms in total. The summed E-state index contributed by atoms with van der Waals surface area (Å²) in [4.78, 5) is 15.2. The quantitative estimate of drug-likeness (QED) is 0.182. The molecule has 3 heterocycles. The van der Waals surface area contributed by atoms with Gasteiger partial charge in [-0.1, -0.05) is 133 Å². The lowest BCUT2D eigenvalue weighted by atomic mass is 9.98. The zero-order valence-electron chi connectivity index (χ0n) is 28.6. The topological polar surface area (TPSA) is 56.7 Å². The molecule has 8 aromatic carbocycles. The van der Waals surface area contributed by atoms with Crippen LogP contribution in [-0.4, -0.2) is 19.5 Å². The van der Waals surface area contributed by atoms with E-state index in [0.717, 1.165) is 60.7 Å². The number of rotatable bonds is 5. The maximum absolute atomic E-state index is 6.79. The van der Waals surface area contributed by atoms with Crippen LogP contribution in [0.15, 0.2) is 174 Å². The average molecular weight is 679 g/mol. The van der Waals surface area contributed by atoms with Crippen LogP contribution in [0.1, 0.15) is 11.4 Å². The second kappa shape index (κ2) is 11.7. The van der Waals surface area contributed by atoms with E-state index < -0.39 is 0 Å². The van der Waals surface area contributed by atoms with E-state index in [1.807, 2.05) is 60.7 Å². The van der Waals surface area contributed by atoms with Crippen molar-refractivity contribution in [1.29, 1.82) is 0 Å². The van der Waals surface area contributed by atoms with E-state index >= 15 is 0 Å². The Morgan fingerprint density at radius 2 is 1.06 bits per heavy atom. The minimum absolute atomic E-state index is 0.477. The molecule has 0 spiro atoms. The molecule has 3 aromatic heterocycles. The van der Waals surface area contributed by atoms with E-state index in [-0.39, 0.29) is 0 Å². The van der Waals surface area contributed by atoms with Crippen molar-refractivity contribution in [3.05, 3.63) is 181 Å². The molecule has 5 heteroatoms. The van der Waals surface area contributed by atoms with Crippen LogP contribution in [0.2, 0.25) is 0 Å². The Labute approximate surface area is 304 Å². The fourth-order valence-corrected chi connectivity index (χ4v) is 8.04. The van der Waals surface area contributed by atoms with Crippen LogP contribution in [0.5, 0.6) is 0 Å². The molecule has 0 amide bonds. The molecule has 248 valence electrons. The Morgan fingerprint density at radius 1 is 0.434 bits per heavy atom. The van der Waals surface area contributed by atoms with Crippen LogP contribution in [0.4, 0.5) is 0 Å². The number of aromatic nitrogens is 4. The summed E-state index contributed by atoms with van der Waals surface area (Å²) in [6.07, 6.45) is 0.477. The molecule has 0 atom stereocenters. The maximum atomic E-state index is 6.79. The molecule has 0 saturated carbocycles. The molecular formula is C48H30N4O. The van der Waals surface area contributed by atoms with E-state index in [1.165, 1.54) is 26.9 Å². The second-order valence-electron chi connectivity index (χ2n) is 13.6. The van der Waals surface area contributed by atoms with Gasteiger partial charge in [-0.25, -0.2) is 15.0 Å². The standard InChI is InChI=1S/C48H30N4O/c1-3-14-31(15-4-1)47-49-44(50-48(51-47)32-16-5-2-6-17-32)28-35-25-36(29-43-45(35)46-37-20-10-9-13-30(37)23-24-42(46)53-43)52-40-22-12-11-21-38(40)39-26-33-18-7-8-19-34(33)27-41(39)52/h1-27,29H,28H2. The first kappa shape index (κ1) is 29.6. The van der Waals surface area contributed by atoms with Crippen molar-refractivity contribution in [3.63, 3.8) is 0 Å². The smallest absolute Gasteiger partial charge is 0.163 e. The predicted octanol–water partition coefficient (Wildman–Crippen LogP) is 12.1. The van der Waals surface area contributed by atoms with Crippen LogP contribution in [0, 0.1) is 0 Å². The van der Waals surface area contributed by atoms with E-state index in [1.54, 1.807) is 0 Å². The summed E-state index contributed by atoms with van der Waals surface area (Å²) in [6.45, 7) is 0. The molecule has 11 aromatic rings. The van der Waals surface area contributed by atoms with Crippen molar-refractivity contribution >= 4 is 65.3 Å². The highest BCUT2D eigenvalue weighted by molar-refractivity contribution is 6.20.